The van der Waals surface area contributed by atoms with E-state index in [1.165, 1.54) is 13.0 Å². The lowest BCUT2D eigenvalue weighted by molar-refractivity contribution is -0.137. The number of hydrogen-bond acceptors (Lipinski definition) is 5. The van der Waals surface area contributed by atoms with Crippen LogP contribution in [0, 0.1) is 6.92 Å². The molecule has 0 atom stereocenters. The molecule has 0 bridgehead atoms. The number of halogens is 4. The normalized spacial score (nSPS) is 11.2. The lowest BCUT2D eigenvalue weighted by Gasteiger charge is -2.11. The van der Waals surface area contributed by atoms with Crippen molar-refractivity contribution in [1.82, 2.24) is 9.97 Å². The van der Waals surface area contributed by atoms with Crippen LogP contribution < -0.4 is 10.6 Å². The Labute approximate surface area is 164 Å². The zero-order valence-electron chi connectivity index (χ0n) is 15.2. The lowest BCUT2D eigenvalue weighted by Crippen LogP contribution is -2.11. The van der Waals surface area contributed by atoms with Crippen LogP contribution in [0.5, 0.6) is 0 Å². The van der Waals surface area contributed by atoms with Crippen molar-refractivity contribution >= 4 is 34.9 Å². The zero-order valence-corrected chi connectivity index (χ0v) is 15.9. The number of rotatable bonds is 7. The summed E-state index contributed by atoms with van der Waals surface area (Å²) in [6, 6.07) is 3.92. The zero-order chi connectivity index (χ0) is 20.9. The van der Waals surface area contributed by atoms with Crippen molar-refractivity contribution in [2.45, 2.75) is 32.9 Å². The van der Waals surface area contributed by atoms with Crippen molar-refractivity contribution in [3.63, 3.8) is 0 Å². The molecule has 6 nitrogen and oxygen atoms in total. The molecule has 2 N–H and O–H groups in total. The number of nitrogens with one attached hydrogen (secondary N) is 2. The van der Waals surface area contributed by atoms with Gasteiger partial charge in [0.15, 0.2) is 5.78 Å². The molecule has 0 spiro atoms. The first kappa shape index (κ1) is 21.6. The van der Waals surface area contributed by atoms with E-state index in [1.54, 1.807) is 13.0 Å². The molecule has 2 rings (SSSR count). The van der Waals surface area contributed by atoms with Gasteiger partial charge in [-0.25, -0.2) is 9.97 Å². The maximum atomic E-state index is 12.6. The number of pyridine rings is 2. The first-order chi connectivity index (χ1) is 13.1. The van der Waals surface area contributed by atoms with Crippen molar-refractivity contribution in [2.75, 3.05) is 17.2 Å². The highest BCUT2D eigenvalue weighted by Gasteiger charge is 2.31. The van der Waals surface area contributed by atoms with Crippen LogP contribution >= 0.6 is 11.6 Å². The number of aromatic nitrogens is 2. The van der Waals surface area contributed by atoms with E-state index in [0.29, 0.717) is 36.2 Å². The molecule has 0 aliphatic heterocycles. The third-order valence-electron chi connectivity index (χ3n) is 3.62. The largest absolute Gasteiger partial charge is 0.417 e. The molecule has 0 saturated carbocycles. The Morgan fingerprint density at radius 1 is 1.21 bits per heavy atom. The monoisotopic (exact) mass is 414 g/mol. The van der Waals surface area contributed by atoms with Gasteiger partial charge in [-0.2, -0.15) is 13.2 Å². The van der Waals surface area contributed by atoms with Crippen molar-refractivity contribution in [3.05, 3.63) is 46.2 Å². The molecule has 0 aliphatic carbocycles. The minimum Gasteiger partial charge on any atom is -0.369 e. The molecule has 150 valence electrons. The standard InChI is InChI=1S/C18H18ClF3N4O2/c1-10-6-12(7-16(25-10)26-11(2)27)15(28)4-3-5-23-17-14(19)8-13(9-24-17)18(20,21)22/h6-9H,3-5H2,1-2H3,(H,23,24)(H,25,26,27). The van der Waals surface area contributed by atoms with Gasteiger partial charge in [0.05, 0.1) is 10.6 Å². The van der Waals surface area contributed by atoms with Crippen LogP contribution in [-0.4, -0.2) is 28.2 Å². The molecule has 0 unspecified atom stereocenters. The van der Waals surface area contributed by atoms with Gasteiger partial charge in [0.25, 0.3) is 0 Å². The van der Waals surface area contributed by atoms with Gasteiger partial charge in [0, 0.05) is 37.3 Å². The maximum absolute atomic E-state index is 12.6. The van der Waals surface area contributed by atoms with Crippen LogP contribution in [0.3, 0.4) is 0 Å². The minimum atomic E-state index is -4.51. The van der Waals surface area contributed by atoms with Crippen LogP contribution in [0.1, 0.15) is 41.4 Å². The van der Waals surface area contributed by atoms with E-state index in [4.69, 9.17) is 11.6 Å². The van der Waals surface area contributed by atoms with E-state index in [1.807, 2.05) is 0 Å². The van der Waals surface area contributed by atoms with Crippen molar-refractivity contribution in [3.8, 4) is 0 Å². The fourth-order valence-corrected chi connectivity index (χ4v) is 2.63. The second-order valence-electron chi connectivity index (χ2n) is 6.07. The van der Waals surface area contributed by atoms with Crippen LogP contribution in [0.2, 0.25) is 5.02 Å². The van der Waals surface area contributed by atoms with Crippen LogP contribution in [0.25, 0.3) is 0 Å². The minimum absolute atomic E-state index is 0.120. The number of amides is 1. The van der Waals surface area contributed by atoms with Crippen molar-refractivity contribution in [1.29, 1.82) is 0 Å². The van der Waals surface area contributed by atoms with E-state index in [2.05, 4.69) is 20.6 Å². The summed E-state index contributed by atoms with van der Waals surface area (Å²) in [5, 5.41) is 5.20. The van der Waals surface area contributed by atoms with Gasteiger partial charge in [-0.3, -0.25) is 9.59 Å². The third kappa shape index (κ3) is 6.19. The molecular formula is C18H18ClF3N4O2. The smallest absolute Gasteiger partial charge is 0.369 e. The molecule has 0 aliphatic rings. The molecule has 0 fully saturated rings. The van der Waals surface area contributed by atoms with Gasteiger partial charge < -0.3 is 10.6 Å². The lowest BCUT2D eigenvalue weighted by atomic mass is 10.1. The quantitative estimate of drug-likeness (QED) is 0.515. The Bertz CT molecular complexity index is 888. The number of nitrogens with zero attached hydrogens (tertiary/aromatic N) is 2. The average Bonchev–Trinajstić information content (AvgIpc) is 2.57. The number of anilines is 2. The fraction of sp³-hybridized carbons (Fsp3) is 0.333. The van der Waals surface area contributed by atoms with Crippen LogP contribution in [0.4, 0.5) is 24.8 Å². The summed E-state index contributed by atoms with van der Waals surface area (Å²) in [7, 11) is 0. The fourth-order valence-electron chi connectivity index (χ4n) is 2.40. The summed E-state index contributed by atoms with van der Waals surface area (Å²) in [4.78, 5) is 31.3. The molecular weight excluding hydrogens is 397 g/mol. The predicted octanol–water partition coefficient (Wildman–Crippen LogP) is 4.49. The number of alkyl halides is 3. The van der Waals surface area contributed by atoms with E-state index in [-0.39, 0.29) is 29.0 Å². The first-order valence-electron chi connectivity index (χ1n) is 8.32. The maximum Gasteiger partial charge on any atom is 0.417 e. The highest BCUT2D eigenvalue weighted by atomic mass is 35.5. The molecule has 2 aromatic rings. The highest BCUT2D eigenvalue weighted by Crippen LogP contribution is 2.32. The molecule has 1 amide bonds. The highest BCUT2D eigenvalue weighted by molar-refractivity contribution is 6.32. The Morgan fingerprint density at radius 2 is 1.93 bits per heavy atom. The summed E-state index contributed by atoms with van der Waals surface area (Å²) in [6.45, 7) is 3.35. The Balaban J connectivity index is 1.91. The van der Waals surface area contributed by atoms with Crippen molar-refractivity contribution < 1.29 is 22.8 Å². The number of carbonyl (C=O) groups excluding carboxylic acids is 2. The van der Waals surface area contributed by atoms with E-state index < -0.39 is 11.7 Å². The number of Topliss-reactive ketones (excluding diaryl/α,β-unsaturated/α-hetero) is 1. The van der Waals surface area contributed by atoms with Gasteiger partial charge in [0.2, 0.25) is 5.91 Å². The molecule has 2 heterocycles. The first-order valence-corrected chi connectivity index (χ1v) is 8.70. The summed E-state index contributed by atoms with van der Waals surface area (Å²) in [5.41, 5.74) is 0.0802. The molecule has 10 heteroatoms. The number of carbonyl (C=O) groups is 2. The predicted molar refractivity (Wildman–Crippen MR) is 99.6 cm³/mol. The molecule has 0 saturated heterocycles. The third-order valence-corrected chi connectivity index (χ3v) is 3.91. The second-order valence-corrected chi connectivity index (χ2v) is 6.48. The number of aryl methyl sites for hydroxylation is 1. The van der Waals surface area contributed by atoms with Gasteiger partial charge in [0.1, 0.15) is 11.6 Å². The van der Waals surface area contributed by atoms with Gasteiger partial charge in [-0.05, 0) is 31.5 Å². The topological polar surface area (TPSA) is 84.0 Å². The molecule has 2 aromatic heterocycles. The van der Waals surface area contributed by atoms with E-state index in [9.17, 15) is 22.8 Å². The van der Waals surface area contributed by atoms with E-state index in [0.717, 1.165) is 6.07 Å². The van der Waals surface area contributed by atoms with Crippen LogP contribution in [-0.2, 0) is 11.0 Å². The number of ketones is 1. The van der Waals surface area contributed by atoms with Gasteiger partial charge in [-0.15, -0.1) is 0 Å². The molecule has 28 heavy (non-hydrogen) atoms. The summed E-state index contributed by atoms with van der Waals surface area (Å²) >= 11 is 5.82. The summed E-state index contributed by atoms with van der Waals surface area (Å²) < 4.78 is 37.8. The van der Waals surface area contributed by atoms with Crippen molar-refractivity contribution in [2.24, 2.45) is 0 Å². The van der Waals surface area contributed by atoms with Gasteiger partial charge >= 0.3 is 6.18 Å². The Hall–Kier alpha value is -2.68. The Morgan fingerprint density at radius 3 is 2.54 bits per heavy atom. The number of hydrogen-bond donors (Lipinski definition) is 2. The van der Waals surface area contributed by atoms with Gasteiger partial charge in [-0.1, -0.05) is 11.6 Å². The van der Waals surface area contributed by atoms with E-state index >= 15 is 0 Å². The molecule has 0 aromatic carbocycles. The van der Waals surface area contributed by atoms with Crippen LogP contribution in [0.15, 0.2) is 24.4 Å². The SMILES string of the molecule is CC(=O)Nc1cc(C(=O)CCCNc2ncc(C(F)(F)F)cc2Cl)cc(C)n1. The summed E-state index contributed by atoms with van der Waals surface area (Å²) in [5.74, 6) is -0.0171. The Kier molecular flexibility index (Phi) is 6.95. The average molecular weight is 415 g/mol. The molecule has 0 radical (unpaired) electrons. The summed E-state index contributed by atoms with van der Waals surface area (Å²) in [6.07, 6.45) is -3.22. The second kappa shape index (κ2) is 9.01.